The standard InChI is InChI=1S/C15H11Cl3N2O2/c16-7-13(21)10-5-8(17)6-11(14(10)19)15(20-22)9-3-1-2-4-12(9)18/h1-6,22H,7,19H2. The number of oxime groups is 1. The summed E-state index contributed by atoms with van der Waals surface area (Å²) >= 11 is 17.7. The summed E-state index contributed by atoms with van der Waals surface area (Å²) in [6.45, 7) is 0. The van der Waals surface area contributed by atoms with E-state index in [1.165, 1.54) is 12.1 Å². The molecule has 4 nitrogen and oxygen atoms in total. The van der Waals surface area contributed by atoms with Gasteiger partial charge in [-0.25, -0.2) is 0 Å². The van der Waals surface area contributed by atoms with Crippen molar-refractivity contribution in [1.82, 2.24) is 0 Å². The molecule has 0 radical (unpaired) electrons. The number of alkyl halides is 1. The zero-order valence-electron chi connectivity index (χ0n) is 11.2. The molecule has 0 saturated carbocycles. The molecule has 0 fully saturated rings. The average Bonchev–Trinajstić information content (AvgIpc) is 2.52. The summed E-state index contributed by atoms with van der Waals surface area (Å²) in [6.07, 6.45) is 0. The molecule has 0 aliphatic carbocycles. The minimum absolute atomic E-state index is 0.120. The molecule has 0 spiro atoms. The zero-order chi connectivity index (χ0) is 16.3. The highest BCUT2D eigenvalue weighted by molar-refractivity contribution is 6.37. The predicted octanol–water partition coefficient (Wildman–Crippen LogP) is 4.22. The number of carbonyl (C=O) groups is 1. The first kappa shape index (κ1) is 16.6. The first-order valence-electron chi connectivity index (χ1n) is 6.15. The van der Waals surface area contributed by atoms with Gasteiger partial charge in [-0.3, -0.25) is 4.79 Å². The van der Waals surface area contributed by atoms with Gasteiger partial charge in [0.2, 0.25) is 0 Å². The van der Waals surface area contributed by atoms with Crippen LogP contribution in [0.15, 0.2) is 41.6 Å². The van der Waals surface area contributed by atoms with Crippen LogP contribution in [0.1, 0.15) is 21.5 Å². The van der Waals surface area contributed by atoms with Crippen molar-refractivity contribution in [1.29, 1.82) is 0 Å². The number of benzene rings is 2. The van der Waals surface area contributed by atoms with E-state index >= 15 is 0 Å². The fraction of sp³-hybridized carbons (Fsp3) is 0.0667. The van der Waals surface area contributed by atoms with Gasteiger partial charge in [0.05, 0.1) is 16.6 Å². The van der Waals surface area contributed by atoms with Crippen molar-refractivity contribution in [2.75, 3.05) is 11.6 Å². The smallest absolute Gasteiger partial charge is 0.179 e. The van der Waals surface area contributed by atoms with E-state index < -0.39 is 0 Å². The molecule has 7 heteroatoms. The number of hydrogen-bond acceptors (Lipinski definition) is 4. The molecule has 0 atom stereocenters. The lowest BCUT2D eigenvalue weighted by Gasteiger charge is -2.13. The third kappa shape index (κ3) is 3.19. The Morgan fingerprint density at radius 2 is 1.77 bits per heavy atom. The van der Waals surface area contributed by atoms with Crippen molar-refractivity contribution in [3.05, 3.63) is 63.1 Å². The number of anilines is 1. The number of nitrogens with two attached hydrogens (primary N) is 1. The van der Waals surface area contributed by atoms with Crippen LogP contribution in [0.4, 0.5) is 5.69 Å². The van der Waals surface area contributed by atoms with Gasteiger partial charge in [-0.1, -0.05) is 46.6 Å². The first-order chi connectivity index (χ1) is 10.5. The summed E-state index contributed by atoms with van der Waals surface area (Å²) < 4.78 is 0. The van der Waals surface area contributed by atoms with Crippen LogP contribution in [-0.2, 0) is 0 Å². The van der Waals surface area contributed by atoms with Gasteiger partial charge in [0.1, 0.15) is 5.71 Å². The maximum absolute atomic E-state index is 11.9. The number of Topliss-reactive ketones (excluding diaryl/α,β-unsaturated/α-hetero) is 1. The number of rotatable bonds is 4. The van der Waals surface area contributed by atoms with Crippen molar-refractivity contribution < 1.29 is 10.0 Å². The molecule has 0 bridgehead atoms. The van der Waals surface area contributed by atoms with Crippen molar-refractivity contribution in [2.45, 2.75) is 0 Å². The van der Waals surface area contributed by atoms with E-state index in [9.17, 15) is 10.0 Å². The fourth-order valence-corrected chi connectivity index (χ4v) is 2.61. The monoisotopic (exact) mass is 356 g/mol. The molecule has 2 aromatic carbocycles. The Hall–Kier alpha value is -1.75. The highest BCUT2D eigenvalue weighted by atomic mass is 35.5. The van der Waals surface area contributed by atoms with Gasteiger partial charge in [-0.2, -0.15) is 0 Å². The molecule has 2 rings (SSSR count). The van der Waals surface area contributed by atoms with Crippen molar-refractivity contribution in [3.8, 4) is 0 Å². The summed E-state index contributed by atoms with van der Waals surface area (Å²) in [6, 6.07) is 9.71. The van der Waals surface area contributed by atoms with Gasteiger partial charge < -0.3 is 10.9 Å². The molecular weight excluding hydrogens is 347 g/mol. The summed E-state index contributed by atoms with van der Waals surface area (Å²) in [5.74, 6) is -0.610. The van der Waals surface area contributed by atoms with Gasteiger partial charge in [-0.15, -0.1) is 11.6 Å². The second-order valence-corrected chi connectivity index (χ2v) is 5.51. The third-order valence-electron chi connectivity index (χ3n) is 3.05. The Morgan fingerprint density at radius 1 is 1.14 bits per heavy atom. The molecule has 0 unspecified atom stereocenters. The van der Waals surface area contributed by atoms with Crippen LogP contribution >= 0.6 is 34.8 Å². The summed E-state index contributed by atoms with van der Waals surface area (Å²) in [7, 11) is 0. The van der Waals surface area contributed by atoms with Crippen LogP contribution in [0.25, 0.3) is 0 Å². The third-order valence-corrected chi connectivity index (χ3v) is 3.84. The molecule has 22 heavy (non-hydrogen) atoms. The predicted molar refractivity (Wildman–Crippen MR) is 89.8 cm³/mol. The van der Waals surface area contributed by atoms with E-state index in [2.05, 4.69) is 5.16 Å². The van der Waals surface area contributed by atoms with Crippen LogP contribution in [0.3, 0.4) is 0 Å². The first-order valence-corrected chi connectivity index (χ1v) is 7.44. The Kier molecular flexibility index (Phi) is 5.29. The Morgan fingerprint density at radius 3 is 2.36 bits per heavy atom. The molecule has 3 N–H and O–H groups in total. The number of ketones is 1. The van der Waals surface area contributed by atoms with E-state index in [0.717, 1.165) is 0 Å². The molecular formula is C15H11Cl3N2O2. The summed E-state index contributed by atoms with van der Waals surface area (Å²) in [5.41, 5.74) is 7.20. The van der Waals surface area contributed by atoms with Crippen LogP contribution < -0.4 is 5.73 Å². The van der Waals surface area contributed by atoms with E-state index in [0.29, 0.717) is 16.1 Å². The Balaban J connectivity index is 2.68. The number of halogens is 3. The van der Waals surface area contributed by atoms with E-state index in [1.54, 1.807) is 24.3 Å². The topological polar surface area (TPSA) is 75.7 Å². The molecule has 0 heterocycles. The van der Waals surface area contributed by atoms with Gasteiger partial charge in [0.15, 0.2) is 5.78 Å². The number of hydrogen-bond donors (Lipinski definition) is 2. The van der Waals surface area contributed by atoms with Crippen molar-refractivity contribution in [2.24, 2.45) is 5.16 Å². The molecule has 0 saturated heterocycles. The summed E-state index contributed by atoms with van der Waals surface area (Å²) in [5, 5.41) is 13.3. The maximum atomic E-state index is 11.9. The van der Waals surface area contributed by atoms with Gasteiger partial charge in [0, 0.05) is 21.7 Å². The number of nitrogen functional groups attached to an aromatic ring is 1. The van der Waals surface area contributed by atoms with Crippen molar-refractivity contribution in [3.63, 3.8) is 0 Å². The Bertz CT molecular complexity index is 760. The fourth-order valence-electron chi connectivity index (χ4n) is 2.02. The summed E-state index contributed by atoms with van der Waals surface area (Å²) in [4.78, 5) is 11.9. The van der Waals surface area contributed by atoms with Crippen LogP contribution in [-0.4, -0.2) is 22.6 Å². The quantitative estimate of drug-likeness (QED) is 0.215. The lowest BCUT2D eigenvalue weighted by molar-refractivity contribution is 0.102. The highest BCUT2D eigenvalue weighted by Crippen LogP contribution is 2.29. The minimum atomic E-state index is -0.376. The molecule has 0 aliphatic heterocycles. The normalized spacial score (nSPS) is 11.5. The lowest BCUT2D eigenvalue weighted by atomic mass is 9.97. The second kappa shape index (κ2) is 7.01. The number of carbonyl (C=O) groups excluding carboxylic acids is 1. The highest BCUT2D eigenvalue weighted by Gasteiger charge is 2.20. The SMILES string of the molecule is Nc1c(C(=O)CCl)cc(Cl)cc1C(=NO)c1ccccc1Cl. The minimum Gasteiger partial charge on any atom is -0.410 e. The zero-order valence-corrected chi connectivity index (χ0v) is 13.5. The average molecular weight is 358 g/mol. The van der Waals surface area contributed by atoms with E-state index in [4.69, 9.17) is 40.5 Å². The molecule has 2 aromatic rings. The van der Waals surface area contributed by atoms with Gasteiger partial charge in [0.25, 0.3) is 0 Å². The van der Waals surface area contributed by atoms with Crippen LogP contribution in [0.2, 0.25) is 10.0 Å². The largest absolute Gasteiger partial charge is 0.410 e. The van der Waals surface area contributed by atoms with Crippen LogP contribution in [0.5, 0.6) is 0 Å². The number of nitrogens with zero attached hydrogens (tertiary/aromatic N) is 1. The second-order valence-electron chi connectivity index (χ2n) is 4.40. The molecule has 114 valence electrons. The van der Waals surface area contributed by atoms with Gasteiger partial charge >= 0.3 is 0 Å². The van der Waals surface area contributed by atoms with Gasteiger partial charge in [-0.05, 0) is 18.2 Å². The Labute approximate surface area is 142 Å². The van der Waals surface area contributed by atoms with Crippen LogP contribution in [0, 0.1) is 0 Å². The van der Waals surface area contributed by atoms with E-state index in [-0.39, 0.29) is 33.6 Å². The molecule has 0 amide bonds. The lowest BCUT2D eigenvalue weighted by Crippen LogP contribution is -2.13. The maximum Gasteiger partial charge on any atom is 0.179 e. The van der Waals surface area contributed by atoms with Crippen molar-refractivity contribution >= 4 is 52.0 Å². The molecule has 0 aromatic heterocycles. The van der Waals surface area contributed by atoms with E-state index in [1.807, 2.05) is 0 Å². The molecule has 0 aliphatic rings.